The number of benzene rings is 1. The molecule has 0 radical (unpaired) electrons. The van der Waals surface area contributed by atoms with Gasteiger partial charge in [0.2, 0.25) is 0 Å². The third-order valence-electron chi connectivity index (χ3n) is 2.50. The van der Waals surface area contributed by atoms with E-state index in [1.165, 1.54) is 0 Å². The maximum absolute atomic E-state index is 5.87. The Morgan fingerprint density at radius 3 is 2.88 bits per heavy atom. The van der Waals surface area contributed by atoms with Crippen molar-refractivity contribution >= 4 is 5.69 Å². The lowest BCUT2D eigenvalue weighted by atomic mass is 10.1. The Morgan fingerprint density at radius 1 is 1.38 bits per heavy atom. The summed E-state index contributed by atoms with van der Waals surface area (Å²) >= 11 is 0. The van der Waals surface area contributed by atoms with Crippen LogP contribution >= 0.6 is 0 Å². The predicted octanol–water partition coefficient (Wildman–Crippen LogP) is 1.64. The van der Waals surface area contributed by atoms with Gasteiger partial charge in [-0.25, -0.2) is 4.68 Å². The van der Waals surface area contributed by atoms with E-state index in [1.54, 1.807) is 4.68 Å². The number of tetrazole rings is 1. The van der Waals surface area contributed by atoms with Gasteiger partial charge in [0, 0.05) is 17.8 Å². The van der Waals surface area contributed by atoms with Gasteiger partial charge in [-0.3, -0.25) is 0 Å². The number of hydrogen-bond donors (Lipinski definition) is 1. The van der Waals surface area contributed by atoms with E-state index in [2.05, 4.69) is 22.4 Å². The van der Waals surface area contributed by atoms with E-state index < -0.39 is 0 Å². The number of rotatable bonds is 3. The third kappa shape index (κ3) is 1.88. The van der Waals surface area contributed by atoms with Crippen molar-refractivity contribution in [2.24, 2.45) is 0 Å². The normalized spacial score (nSPS) is 10.6. The standard InChI is InChI=1S/C11H15N5/c1-3-6-16-11(13-14-15-16)9-5-4-8(2)10(12)7-9/h4-5,7H,3,6,12H2,1-2H3. The third-order valence-corrected chi connectivity index (χ3v) is 2.50. The molecule has 0 saturated heterocycles. The maximum Gasteiger partial charge on any atom is 0.182 e. The van der Waals surface area contributed by atoms with Gasteiger partial charge in [0.1, 0.15) is 0 Å². The van der Waals surface area contributed by atoms with Crippen LogP contribution in [0.4, 0.5) is 5.69 Å². The van der Waals surface area contributed by atoms with E-state index >= 15 is 0 Å². The van der Waals surface area contributed by atoms with Gasteiger partial charge in [0.25, 0.3) is 0 Å². The Balaban J connectivity index is 2.42. The van der Waals surface area contributed by atoms with Crippen LogP contribution < -0.4 is 5.73 Å². The molecule has 0 aliphatic rings. The number of aromatic nitrogens is 4. The van der Waals surface area contributed by atoms with Crippen molar-refractivity contribution in [1.82, 2.24) is 20.2 Å². The molecule has 5 nitrogen and oxygen atoms in total. The van der Waals surface area contributed by atoms with Crippen LogP contribution in [0.2, 0.25) is 0 Å². The second-order valence-electron chi connectivity index (χ2n) is 3.80. The Morgan fingerprint density at radius 2 is 2.19 bits per heavy atom. The van der Waals surface area contributed by atoms with Crippen molar-refractivity contribution in [2.45, 2.75) is 26.8 Å². The minimum atomic E-state index is 0.767. The lowest BCUT2D eigenvalue weighted by molar-refractivity contribution is 0.583. The minimum Gasteiger partial charge on any atom is -0.398 e. The predicted molar refractivity (Wildman–Crippen MR) is 62.7 cm³/mol. The summed E-state index contributed by atoms with van der Waals surface area (Å²) < 4.78 is 1.80. The first kappa shape index (κ1) is 10.6. The van der Waals surface area contributed by atoms with Crippen molar-refractivity contribution in [2.75, 3.05) is 5.73 Å². The summed E-state index contributed by atoms with van der Waals surface area (Å²) in [7, 11) is 0. The van der Waals surface area contributed by atoms with Crippen LogP contribution in [0.15, 0.2) is 18.2 Å². The van der Waals surface area contributed by atoms with Gasteiger partial charge >= 0.3 is 0 Å². The summed E-state index contributed by atoms with van der Waals surface area (Å²) in [5, 5.41) is 11.7. The first-order valence-electron chi connectivity index (χ1n) is 5.35. The molecule has 0 fully saturated rings. The van der Waals surface area contributed by atoms with Crippen LogP contribution in [-0.2, 0) is 6.54 Å². The summed E-state index contributed by atoms with van der Waals surface area (Å²) in [6.07, 6.45) is 0.999. The summed E-state index contributed by atoms with van der Waals surface area (Å²) in [6.45, 7) is 4.89. The fourth-order valence-electron chi connectivity index (χ4n) is 1.55. The van der Waals surface area contributed by atoms with Gasteiger partial charge in [-0.1, -0.05) is 19.1 Å². The smallest absolute Gasteiger partial charge is 0.182 e. The van der Waals surface area contributed by atoms with Gasteiger partial charge in [-0.2, -0.15) is 0 Å². The monoisotopic (exact) mass is 217 g/mol. The number of anilines is 1. The van der Waals surface area contributed by atoms with E-state index in [9.17, 15) is 0 Å². The molecule has 1 aromatic carbocycles. The van der Waals surface area contributed by atoms with Crippen LogP contribution in [0, 0.1) is 6.92 Å². The van der Waals surface area contributed by atoms with Crippen molar-refractivity contribution in [3.05, 3.63) is 23.8 Å². The molecule has 0 saturated carbocycles. The highest BCUT2D eigenvalue weighted by atomic mass is 15.5. The summed E-state index contributed by atoms with van der Waals surface area (Å²) in [5.41, 5.74) is 8.67. The number of nitrogen functional groups attached to an aromatic ring is 1. The van der Waals surface area contributed by atoms with Crippen LogP contribution in [-0.4, -0.2) is 20.2 Å². The average molecular weight is 217 g/mol. The van der Waals surface area contributed by atoms with Gasteiger partial charge in [-0.05, 0) is 35.4 Å². The quantitative estimate of drug-likeness (QED) is 0.793. The zero-order chi connectivity index (χ0) is 11.5. The molecule has 1 heterocycles. The molecule has 2 N–H and O–H groups in total. The molecule has 84 valence electrons. The van der Waals surface area contributed by atoms with Crippen molar-refractivity contribution < 1.29 is 0 Å². The van der Waals surface area contributed by atoms with Gasteiger partial charge in [0.05, 0.1) is 0 Å². The number of aryl methyl sites for hydroxylation is 2. The second kappa shape index (κ2) is 4.30. The van der Waals surface area contributed by atoms with Gasteiger partial charge in [0.15, 0.2) is 5.82 Å². The molecule has 2 aromatic rings. The number of nitrogens with zero attached hydrogens (tertiary/aromatic N) is 4. The van der Waals surface area contributed by atoms with Crippen LogP contribution in [0.25, 0.3) is 11.4 Å². The summed E-state index contributed by atoms with van der Waals surface area (Å²) in [6, 6.07) is 5.88. The highest BCUT2D eigenvalue weighted by molar-refractivity contribution is 5.63. The lowest BCUT2D eigenvalue weighted by Crippen LogP contribution is -2.02. The van der Waals surface area contributed by atoms with Gasteiger partial charge < -0.3 is 5.73 Å². The first-order chi connectivity index (χ1) is 7.72. The van der Waals surface area contributed by atoms with E-state index in [1.807, 2.05) is 25.1 Å². The molecule has 2 rings (SSSR count). The van der Waals surface area contributed by atoms with Crippen molar-refractivity contribution in [3.63, 3.8) is 0 Å². The molecular weight excluding hydrogens is 202 g/mol. The lowest BCUT2D eigenvalue weighted by Gasteiger charge is -2.05. The molecular formula is C11H15N5. The van der Waals surface area contributed by atoms with E-state index in [-0.39, 0.29) is 0 Å². The highest BCUT2D eigenvalue weighted by Gasteiger charge is 2.08. The molecule has 0 aliphatic heterocycles. The zero-order valence-corrected chi connectivity index (χ0v) is 9.51. The van der Waals surface area contributed by atoms with E-state index in [0.29, 0.717) is 0 Å². The Labute approximate surface area is 94.3 Å². The fraction of sp³-hybridized carbons (Fsp3) is 0.364. The van der Waals surface area contributed by atoms with Crippen LogP contribution in [0.3, 0.4) is 0 Å². The summed E-state index contributed by atoms with van der Waals surface area (Å²) in [4.78, 5) is 0. The van der Waals surface area contributed by atoms with E-state index in [0.717, 1.165) is 35.6 Å². The zero-order valence-electron chi connectivity index (χ0n) is 9.51. The van der Waals surface area contributed by atoms with Crippen molar-refractivity contribution in [1.29, 1.82) is 0 Å². The molecule has 0 unspecified atom stereocenters. The fourth-order valence-corrected chi connectivity index (χ4v) is 1.55. The highest BCUT2D eigenvalue weighted by Crippen LogP contribution is 2.21. The van der Waals surface area contributed by atoms with Crippen molar-refractivity contribution in [3.8, 4) is 11.4 Å². The first-order valence-corrected chi connectivity index (χ1v) is 5.35. The molecule has 1 aromatic heterocycles. The Hall–Kier alpha value is -1.91. The molecule has 0 spiro atoms. The topological polar surface area (TPSA) is 69.6 Å². The molecule has 16 heavy (non-hydrogen) atoms. The van der Waals surface area contributed by atoms with E-state index in [4.69, 9.17) is 5.73 Å². The minimum absolute atomic E-state index is 0.767. The largest absolute Gasteiger partial charge is 0.398 e. The SMILES string of the molecule is CCCn1nnnc1-c1ccc(C)c(N)c1. The van der Waals surface area contributed by atoms with Gasteiger partial charge in [-0.15, -0.1) is 5.10 Å². The molecule has 0 atom stereocenters. The molecule has 0 amide bonds. The average Bonchev–Trinajstić information content (AvgIpc) is 2.71. The number of hydrogen-bond acceptors (Lipinski definition) is 4. The molecule has 0 bridgehead atoms. The van der Waals surface area contributed by atoms with Crippen LogP contribution in [0.5, 0.6) is 0 Å². The number of nitrogens with two attached hydrogens (primary N) is 1. The maximum atomic E-state index is 5.87. The Bertz CT molecular complexity index is 489. The second-order valence-corrected chi connectivity index (χ2v) is 3.80. The summed E-state index contributed by atoms with van der Waals surface area (Å²) in [5.74, 6) is 0.772. The van der Waals surface area contributed by atoms with Crippen LogP contribution in [0.1, 0.15) is 18.9 Å². The molecule has 5 heteroatoms. The molecule has 0 aliphatic carbocycles. The Kier molecular flexibility index (Phi) is 2.85.